The molecule has 120 valence electrons. The van der Waals surface area contributed by atoms with Gasteiger partial charge in [-0.05, 0) is 31.2 Å². The highest BCUT2D eigenvalue weighted by molar-refractivity contribution is 6.31. The van der Waals surface area contributed by atoms with Crippen molar-refractivity contribution in [2.45, 2.75) is 13.0 Å². The minimum absolute atomic E-state index is 0.0186. The van der Waals surface area contributed by atoms with E-state index >= 15 is 0 Å². The van der Waals surface area contributed by atoms with E-state index in [1.807, 2.05) is 0 Å². The summed E-state index contributed by atoms with van der Waals surface area (Å²) in [5.41, 5.74) is 1.09. The first-order valence-electron chi connectivity index (χ1n) is 6.95. The fraction of sp³-hybridized carbons (Fsp3) is 0.133. The van der Waals surface area contributed by atoms with Gasteiger partial charge in [-0.25, -0.2) is 9.97 Å². The maximum atomic E-state index is 11.2. The second kappa shape index (κ2) is 6.14. The minimum atomic E-state index is -0.626. The predicted octanol–water partition coefficient (Wildman–Crippen LogP) is 3.56. The monoisotopic (exact) mass is 342 g/mol. The summed E-state index contributed by atoms with van der Waals surface area (Å²) >= 11 is 5.95. The number of imidazole rings is 1. The van der Waals surface area contributed by atoms with Gasteiger partial charge in [0.1, 0.15) is 17.5 Å². The van der Waals surface area contributed by atoms with E-state index < -0.39 is 11.0 Å². The zero-order valence-corrected chi connectivity index (χ0v) is 13.2. The number of halogens is 1. The number of benzene rings is 1. The van der Waals surface area contributed by atoms with Gasteiger partial charge in [0.2, 0.25) is 5.82 Å². The summed E-state index contributed by atoms with van der Waals surface area (Å²) in [6.07, 6.45) is 1.35. The van der Waals surface area contributed by atoms with Gasteiger partial charge in [-0.2, -0.15) is 5.26 Å². The second-order valence-corrected chi connectivity index (χ2v) is 5.51. The number of pyridine rings is 1. The first-order chi connectivity index (χ1) is 11.5. The topological polar surface area (TPSA) is 121 Å². The van der Waals surface area contributed by atoms with Crippen LogP contribution in [0.25, 0.3) is 11.0 Å². The third-order valence-corrected chi connectivity index (χ3v) is 3.69. The van der Waals surface area contributed by atoms with E-state index in [1.54, 1.807) is 31.2 Å². The lowest BCUT2D eigenvalue weighted by Crippen LogP contribution is -2.11. The third-order valence-electron chi connectivity index (χ3n) is 3.45. The lowest BCUT2D eigenvalue weighted by molar-refractivity contribution is -0.384. The molecule has 0 bridgehead atoms. The maximum absolute atomic E-state index is 11.2. The van der Waals surface area contributed by atoms with Crippen molar-refractivity contribution in [3.05, 3.63) is 57.0 Å². The lowest BCUT2D eigenvalue weighted by Gasteiger charge is -2.12. The van der Waals surface area contributed by atoms with E-state index in [0.717, 1.165) is 11.0 Å². The number of hydrogen-bond acceptors (Lipinski definition) is 6. The molecule has 0 saturated carbocycles. The highest BCUT2D eigenvalue weighted by Crippen LogP contribution is 2.29. The van der Waals surface area contributed by atoms with Crippen LogP contribution < -0.4 is 5.32 Å². The Balaban J connectivity index is 1.95. The average molecular weight is 343 g/mol. The highest BCUT2D eigenvalue weighted by Gasteiger charge is 2.23. The van der Waals surface area contributed by atoms with Gasteiger partial charge in [-0.1, -0.05) is 11.6 Å². The van der Waals surface area contributed by atoms with Crippen LogP contribution in [0.1, 0.15) is 24.4 Å². The van der Waals surface area contributed by atoms with E-state index in [4.69, 9.17) is 16.9 Å². The number of nitrogens with one attached hydrogen (secondary N) is 2. The Kier molecular flexibility index (Phi) is 4.02. The van der Waals surface area contributed by atoms with Crippen molar-refractivity contribution in [3.8, 4) is 6.07 Å². The number of aromatic nitrogens is 3. The summed E-state index contributed by atoms with van der Waals surface area (Å²) in [6, 6.07) is 7.97. The van der Waals surface area contributed by atoms with Crippen LogP contribution in [-0.4, -0.2) is 19.9 Å². The first-order valence-corrected chi connectivity index (χ1v) is 7.32. The molecule has 2 heterocycles. The van der Waals surface area contributed by atoms with Crippen molar-refractivity contribution >= 4 is 34.1 Å². The van der Waals surface area contributed by atoms with E-state index in [2.05, 4.69) is 20.3 Å². The van der Waals surface area contributed by atoms with Crippen molar-refractivity contribution < 1.29 is 4.92 Å². The number of nitrogens with zero attached hydrogens (tertiary/aromatic N) is 4. The van der Waals surface area contributed by atoms with E-state index in [-0.39, 0.29) is 17.1 Å². The number of rotatable bonds is 4. The molecular weight excluding hydrogens is 332 g/mol. The number of nitro groups is 1. The molecule has 1 unspecified atom stereocenters. The first kappa shape index (κ1) is 15.7. The molecule has 8 nitrogen and oxygen atoms in total. The molecule has 0 saturated heterocycles. The molecule has 1 atom stereocenters. The van der Waals surface area contributed by atoms with Crippen LogP contribution in [0.5, 0.6) is 0 Å². The smallest absolute Gasteiger partial charge is 0.328 e. The Morgan fingerprint density at radius 1 is 1.46 bits per heavy atom. The SMILES string of the molecule is CC(Nc1nccc(C#N)c1[N+](=O)[O-])c1nc2ccc(Cl)cc2[nH]1. The summed E-state index contributed by atoms with van der Waals surface area (Å²) in [5.74, 6) is 0.593. The number of aromatic amines is 1. The zero-order chi connectivity index (χ0) is 17.3. The van der Waals surface area contributed by atoms with Gasteiger partial charge in [-0.15, -0.1) is 0 Å². The molecule has 2 N–H and O–H groups in total. The van der Waals surface area contributed by atoms with Gasteiger partial charge in [0.25, 0.3) is 0 Å². The number of fused-ring (bicyclic) bond motifs is 1. The Labute approximate surface area is 141 Å². The van der Waals surface area contributed by atoms with E-state index in [1.165, 1.54) is 12.3 Å². The van der Waals surface area contributed by atoms with Crippen molar-refractivity contribution in [2.75, 3.05) is 5.32 Å². The fourth-order valence-electron chi connectivity index (χ4n) is 2.31. The van der Waals surface area contributed by atoms with Crippen LogP contribution in [-0.2, 0) is 0 Å². The molecule has 24 heavy (non-hydrogen) atoms. The predicted molar refractivity (Wildman–Crippen MR) is 88.7 cm³/mol. The number of H-pyrrole nitrogens is 1. The molecule has 0 amide bonds. The van der Waals surface area contributed by atoms with Gasteiger partial charge in [0, 0.05) is 11.2 Å². The quantitative estimate of drug-likeness (QED) is 0.552. The Morgan fingerprint density at radius 2 is 2.25 bits per heavy atom. The summed E-state index contributed by atoms with van der Waals surface area (Å²) in [5, 5.41) is 23.8. The van der Waals surface area contributed by atoms with Crippen LogP contribution in [0.2, 0.25) is 5.02 Å². The lowest BCUT2D eigenvalue weighted by atomic mass is 10.2. The van der Waals surface area contributed by atoms with Crippen molar-refractivity contribution in [1.82, 2.24) is 15.0 Å². The zero-order valence-electron chi connectivity index (χ0n) is 12.4. The average Bonchev–Trinajstić information content (AvgIpc) is 2.97. The Hall–Kier alpha value is -3.18. The normalized spacial score (nSPS) is 11.9. The second-order valence-electron chi connectivity index (χ2n) is 5.07. The van der Waals surface area contributed by atoms with Gasteiger partial charge in [-0.3, -0.25) is 10.1 Å². The summed E-state index contributed by atoms with van der Waals surface area (Å²) < 4.78 is 0. The third kappa shape index (κ3) is 2.85. The molecule has 0 aliphatic heterocycles. The molecule has 0 fully saturated rings. The molecule has 2 aromatic heterocycles. The molecule has 3 aromatic rings. The van der Waals surface area contributed by atoms with Gasteiger partial charge in [0.15, 0.2) is 0 Å². The Morgan fingerprint density at radius 3 is 2.96 bits per heavy atom. The van der Waals surface area contributed by atoms with E-state index in [9.17, 15) is 10.1 Å². The molecule has 3 rings (SSSR count). The minimum Gasteiger partial charge on any atom is -0.355 e. The van der Waals surface area contributed by atoms with Crippen molar-refractivity contribution in [1.29, 1.82) is 5.26 Å². The number of hydrogen-bond donors (Lipinski definition) is 2. The van der Waals surface area contributed by atoms with Crippen LogP contribution in [0.3, 0.4) is 0 Å². The maximum Gasteiger partial charge on any atom is 0.328 e. The molecule has 0 aliphatic rings. The molecule has 0 spiro atoms. The summed E-state index contributed by atoms with van der Waals surface area (Å²) in [6.45, 7) is 1.78. The molecule has 0 aliphatic carbocycles. The largest absolute Gasteiger partial charge is 0.355 e. The van der Waals surface area contributed by atoms with Crippen molar-refractivity contribution in [3.63, 3.8) is 0 Å². The Bertz CT molecular complexity index is 978. The molecule has 0 radical (unpaired) electrons. The summed E-state index contributed by atoms with van der Waals surface area (Å²) in [7, 11) is 0. The standard InChI is InChI=1S/C15H11ClN6O2/c1-8(14-20-11-3-2-10(16)6-12(11)21-14)19-15-13(22(23)24)9(7-17)4-5-18-15/h2-6,8H,1H3,(H,18,19)(H,20,21). The van der Waals surface area contributed by atoms with Crippen LogP contribution in [0.15, 0.2) is 30.5 Å². The van der Waals surface area contributed by atoms with Crippen LogP contribution in [0, 0.1) is 21.4 Å². The summed E-state index contributed by atoms with van der Waals surface area (Å²) in [4.78, 5) is 22.1. The number of nitriles is 1. The van der Waals surface area contributed by atoms with Gasteiger partial charge in [0.05, 0.1) is 22.0 Å². The molecule has 9 heteroatoms. The van der Waals surface area contributed by atoms with Gasteiger partial charge >= 0.3 is 5.69 Å². The van der Waals surface area contributed by atoms with Crippen LogP contribution >= 0.6 is 11.6 Å². The highest BCUT2D eigenvalue weighted by atomic mass is 35.5. The van der Waals surface area contributed by atoms with E-state index in [0.29, 0.717) is 10.8 Å². The molecular formula is C15H11ClN6O2. The fourth-order valence-corrected chi connectivity index (χ4v) is 2.49. The van der Waals surface area contributed by atoms with Gasteiger partial charge < -0.3 is 10.3 Å². The number of anilines is 1. The molecule has 1 aromatic carbocycles. The van der Waals surface area contributed by atoms with Crippen molar-refractivity contribution in [2.24, 2.45) is 0 Å². The van der Waals surface area contributed by atoms with Crippen LogP contribution in [0.4, 0.5) is 11.5 Å².